The number of amidine groups is 1. The number of thioether (sulfide) groups is 1. The second kappa shape index (κ2) is 7.73. The molecule has 9 heteroatoms. The summed E-state index contributed by atoms with van der Waals surface area (Å²) in [6.45, 7) is 3.57. The van der Waals surface area contributed by atoms with Crippen molar-refractivity contribution in [1.82, 2.24) is 5.32 Å². The summed E-state index contributed by atoms with van der Waals surface area (Å²) in [5.41, 5.74) is 1.35. The average molecular weight is 348 g/mol. The second-order valence-corrected chi connectivity index (χ2v) is 6.37. The molecule has 1 aromatic rings. The molecule has 1 fully saturated rings. The van der Waals surface area contributed by atoms with Gasteiger partial charge in [0.2, 0.25) is 11.8 Å². The highest BCUT2D eigenvalue weighted by atomic mass is 32.2. The number of nitrogens with one attached hydrogen (secondary N) is 2. The van der Waals surface area contributed by atoms with Crippen LogP contribution in [0.2, 0.25) is 0 Å². The molecular formula is C15H16N4O4S. The summed E-state index contributed by atoms with van der Waals surface area (Å²) in [6.07, 6.45) is -0.0228. The Bertz CT molecular complexity index is 723. The average Bonchev–Trinajstić information content (AvgIpc) is 2.85. The highest BCUT2D eigenvalue weighted by Gasteiger charge is 2.32. The number of aromatic carboxylic acids is 1. The lowest BCUT2D eigenvalue weighted by atomic mass is 10.2. The number of hydrogen-bond donors (Lipinski definition) is 3. The third kappa shape index (κ3) is 4.92. The summed E-state index contributed by atoms with van der Waals surface area (Å²) in [6, 6.07) is 5.78. The monoisotopic (exact) mass is 348 g/mol. The molecule has 8 nitrogen and oxygen atoms in total. The number of nitrogens with zero attached hydrogens (tertiary/aromatic N) is 2. The van der Waals surface area contributed by atoms with Crippen LogP contribution in [-0.4, -0.2) is 39.0 Å². The van der Waals surface area contributed by atoms with Crippen LogP contribution in [-0.2, 0) is 9.59 Å². The van der Waals surface area contributed by atoms with Crippen molar-refractivity contribution in [3.8, 4) is 0 Å². The number of carboxylic acids is 1. The molecule has 2 amide bonds. The number of carbonyl (C=O) groups excluding carboxylic acids is 2. The van der Waals surface area contributed by atoms with E-state index >= 15 is 0 Å². The molecule has 24 heavy (non-hydrogen) atoms. The Balaban J connectivity index is 1.92. The van der Waals surface area contributed by atoms with E-state index in [2.05, 4.69) is 20.8 Å². The maximum absolute atomic E-state index is 12.0. The Morgan fingerprint density at radius 2 is 1.96 bits per heavy atom. The van der Waals surface area contributed by atoms with Crippen molar-refractivity contribution in [2.24, 2.45) is 10.2 Å². The standard InChI is InChI=1S/C15H16N4O4S/c1-8(2)18-19-15-17-13(21)11(24-15)7-12(20)16-10-5-3-9(4-6-10)14(22)23/h3-6,11H,7H2,1-2H3,(H,16,20)(H,22,23)(H,17,19,21). The van der Waals surface area contributed by atoms with E-state index in [1.807, 2.05) is 0 Å². The van der Waals surface area contributed by atoms with Gasteiger partial charge in [-0.1, -0.05) is 11.8 Å². The fourth-order valence-electron chi connectivity index (χ4n) is 1.81. The second-order valence-electron chi connectivity index (χ2n) is 5.18. The van der Waals surface area contributed by atoms with E-state index in [-0.39, 0.29) is 23.8 Å². The largest absolute Gasteiger partial charge is 0.478 e. The van der Waals surface area contributed by atoms with Crippen molar-refractivity contribution < 1.29 is 19.5 Å². The number of amides is 2. The first-order valence-corrected chi connectivity index (χ1v) is 7.92. The van der Waals surface area contributed by atoms with E-state index < -0.39 is 11.2 Å². The third-order valence-electron chi connectivity index (χ3n) is 2.90. The molecule has 1 aliphatic rings. The summed E-state index contributed by atoms with van der Waals surface area (Å²) in [7, 11) is 0. The zero-order chi connectivity index (χ0) is 17.7. The molecule has 1 saturated heterocycles. The SMILES string of the molecule is CC(C)=NN=C1NC(=O)C(CC(=O)Nc2ccc(C(=O)O)cc2)S1. The van der Waals surface area contributed by atoms with Crippen LogP contribution in [0.15, 0.2) is 34.5 Å². The van der Waals surface area contributed by atoms with Gasteiger partial charge in [-0.15, -0.1) is 5.10 Å². The van der Waals surface area contributed by atoms with Gasteiger partial charge in [-0.05, 0) is 38.1 Å². The van der Waals surface area contributed by atoms with Crippen LogP contribution in [0.4, 0.5) is 5.69 Å². The van der Waals surface area contributed by atoms with E-state index in [9.17, 15) is 14.4 Å². The van der Waals surface area contributed by atoms with Crippen LogP contribution in [0.5, 0.6) is 0 Å². The van der Waals surface area contributed by atoms with Crippen LogP contribution in [0.1, 0.15) is 30.6 Å². The number of rotatable bonds is 5. The van der Waals surface area contributed by atoms with Gasteiger partial charge < -0.3 is 15.7 Å². The van der Waals surface area contributed by atoms with Crippen LogP contribution in [0.25, 0.3) is 0 Å². The summed E-state index contributed by atoms with van der Waals surface area (Å²) in [5, 5.41) is 21.6. The third-order valence-corrected chi connectivity index (χ3v) is 3.98. The molecule has 0 bridgehead atoms. The van der Waals surface area contributed by atoms with Crippen LogP contribution in [0, 0.1) is 0 Å². The zero-order valence-electron chi connectivity index (χ0n) is 13.1. The molecule has 1 heterocycles. The Hall–Kier alpha value is -2.68. The first kappa shape index (κ1) is 17.7. The quantitative estimate of drug-likeness (QED) is 0.552. The van der Waals surface area contributed by atoms with Crippen molar-refractivity contribution in [2.45, 2.75) is 25.5 Å². The number of carbonyl (C=O) groups is 3. The molecule has 0 aliphatic carbocycles. The van der Waals surface area contributed by atoms with Crippen molar-refractivity contribution in [2.75, 3.05) is 5.32 Å². The molecule has 0 spiro atoms. The predicted molar refractivity (Wildman–Crippen MR) is 92.4 cm³/mol. The van der Waals surface area contributed by atoms with Gasteiger partial charge in [0.1, 0.15) is 5.25 Å². The van der Waals surface area contributed by atoms with E-state index in [1.54, 1.807) is 13.8 Å². The minimum absolute atomic E-state index is 0.0228. The number of anilines is 1. The minimum atomic E-state index is -1.04. The highest BCUT2D eigenvalue weighted by molar-refractivity contribution is 8.15. The van der Waals surface area contributed by atoms with Crippen molar-refractivity contribution in [3.05, 3.63) is 29.8 Å². The molecule has 2 rings (SSSR count). The Morgan fingerprint density at radius 3 is 2.54 bits per heavy atom. The van der Waals surface area contributed by atoms with Gasteiger partial charge in [0, 0.05) is 17.8 Å². The fraction of sp³-hybridized carbons (Fsp3) is 0.267. The van der Waals surface area contributed by atoms with Crippen molar-refractivity contribution in [1.29, 1.82) is 0 Å². The predicted octanol–water partition coefficient (Wildman–Crippen LogP) is 1.70. The fourth-order valence-corrected chi connectivity index (χ4v) is 2.73. The first-order valence-electron chi connectivity index (χ1n) is 7.04. The number of hydrogen-bond acceptors (Lipinski definition) is 6. The molecule has 0 radical (unpaired) electrons. The molecule has 0 saturated carbocycles. The molecule has 1 unspecified atom stereocenters. The maximum atomic E-state index is 12.0. The minimum Gasteiger partial charge on any atom is -0.478 e. The van der Waals surface area contributed by atoms with E-state index in [0.717, 1.165) is 17.5 Å². The van der Waals surface area contributed by atoms with E-state index in [0.29, 0.717) is 10.9 Å². The lowest BCUT2D eigenvalue weighted by Gasteiger charge is -2.07. The molecule has 126 valence electrons. The van der Waals surface area contributed by atoms with Gasteiger partial charge in [0.15, 0.2) is 5.17 Å². The molecule has 0 aromatic heterocycles. The van der Waals surface area contributed by atoms with E-state index in [1.165, 1.54) is 24.3 Å². The molecule has 1 aromatic carbocycles. The summed E-state index contributed by atoms with van der Waals surface area (Å²) in [5.74, 6) is -1.68. The van der Waals surface area contributed by atoms with Gasteiger partial charge in [0.05, 0.1) is 5.56 Å². The zero-order valence-corrected chi connectivity index (χ0v) is 13.9. The molecular weight excluding hydrogens is 332 g/mol. The molecule has 1 aliphatic heterocycles. The van der Waals surface area contributed by atoms with Crippen molar-refractivity contribution >= 4 is 46.1 Å². The van der Waals surface area contributed by atoms with Crippen LogP contribution in [0.3, 0.4) is 0 Å². The Morgan fingerprint density at radius 1 is 1.29 bits per heavy atom. The summed E-state index contributed by atoms with van der Waals surface area (Å²) >= 11 is 1.15. The molecule has 3 N–H and O–H groups in total. The van der Waals surface area contributed by atoms with Gasteiger partial charge in [-0.2, -0.15) is 5.10 Å². The van der Waals surface area contributed by atoms with Gasteiger partial charge in [-0.3, -0.25) is 9.59 Å². The number of carboxylic acid groups (broad SMARTS) is 1. The Labute approximate surface area is 142 Å². The van der Waals surface area contributed by atoms with E-state index in [4.69, 9.17) is 5.11 Å². The summed E-state index contributed by atoms with van der Waals surface area (Å²) in [4.78, 5) is 34.6. The maximum Gasteiger partial charge on any atom is 0.335 e. The number of benzene rings is 1. The lowest BCUT2D eigenvalue weighted by molar-refractivity contribution is -0.122. The lowest BCUT2D eigenvalue weighted by Crippen LogP contribution is -2.28. The smallest absolute Gasteiger partial charge is 0.335 e. The normalized spacial score (nSPS) is 18.2. The van der Waals surface area contributed by atoms with Crippen molar-refractivity contribution in [3.63, 3.8) is 0 Å². The van der Waals surface area contributed by atoms with Gasteiger partial charge >= 0.3 is 5.97 Å². The highest BCUT2D eigenvalue weighted by Crippen LogP contribution is 2.23. The van der Waals surface area contributed by atoms with Gasteiger partial charge in [-0.25, -0.2) is 4.79 Å². The van der Waals surface area contributed by atoms with Crippen LogP contribution >= 0.6 is 11.8 Å². The Kier molecular flexibility index (Phi) is 5.69. The first-order chi connectivity index (χ1) is 11.3. The van der Waals surface area contributed by atoms with Crippen LogP contribution < -0.4 is 10.6 Å². The van der Waals surface area contributed by atoms with Gasteiger partial charge in [0.25, 0.3) is 0 Å². The molecule has 1 atom stereocenters. The summed E-state index contributed by atoms with van der Waals surface area (Å²) < 4.78 is 0. The topological polar surface area (TPSA) is 120 Å².